The van der Waals surface area contributed by atoms with E-state index in [1.54, 1.807) is 18.7 Å². The summed E-state index contributed by atoms with van der Waals surface area (Å²) in [5.74, 6) is 0.268. The fraction of sp³-hybridized carbons (Fsp3) is 0.478. The number of hydrogen-bond donors (Lipinski definition) is 1. The highest BCUT2D eigenvalue weighted by Gasteiger charge is 2.62. The van der Waals surface area contributed by atoms with Gasteiger partial charge in [-0.3, -0.25) is 14.7 Å². The van der Waals surface area contributed by atoms with E-state index in [1.165, 1.54) is 0 Å². The summed E-state index contributed by atoms with van der Waals surface area (Å²) in [6.45, 7) is 3.48. The van der Waals surface area contributed by atoms with E-state index in [0.29, 0.717) is 19.5 Å². The molecule has 9 heteroatoms. The highest BCUT2D eigenvalue weighted by atomic mass is 16.5. The third-order valence-corrected chi connectivity index (χ3v) is 7.27. The molecule has 1 spiro atoms. The summed E-state index contributed by atoms with van der Waals surface area (Å²) < 4.78 is 8.41. The first-order chi connectivity index (χ1) is 15.6. The molecular weight excluding hydrogens is 408 g/mol. The molecule has 6 rings (SSSR count). The maximum absolute atomic E-state index is 13.0. The minimum absolute atomic E-state index is 0.0238. The van der Waals surface area contributed by atoms with Crippen LogP contribution in [0.4, 0.5) is 0 Å². The Kier molecular flexibility index (Phi) is 4.71. The topological polar surface area (TPSA) is 96.1 Å². The van der Waals surface area contributed by atoms with Crippen molar-refractivity contribution in [3.63, 3.8) is 0 Å². The molecule has 1 amide bonds. The third-order valence-electron chi connectivity index (χ3n) is 7.27. The largest absolute Gasteiger partial charge is 0.396 e. The van der Waals surface area contributed by atoms with E-state index >= 15 is 0 Å². The first kappa shape index (κ1) is 19.8. The molecule has 3 aromatic rings. The van der Waals surface area contributed by atoms with Crippen LogP contribution < -0.4 is 0 Å². The Morgan fingerprint density at radius 2 is 2.16 bits per heavy atom. The van der Waals surface area contributed by atoms with Gasteiger partial charge in [0.05, 0.1) is 24.8 Å². The number of carbonyl (C=O) groups excluding carboxylic acids is 1. The molecule has 166 valence electrons. The number of likely N-dealkylation sites (tertiary alicyclic amines) is 2. The summed E-state index contributed by atoms with van der Waals surface area (Å²) in [5.41, 5.74) is 2.38. The number of pyridine rings is 2. The third kappa shape index (κ3) is 3.19. The minimum Gasteiger partial charge on any atom is -0.396 e. The lowest BCUT2D eigenvalue weighted by molar-refractivity contribution is -0.138. The lowest BCUT2D eigenvalue weighted by Crippen LogP contribution is -2.54. The van der Waals surface area contributed by atoms with Gasteiger partial charge in [0.25, 0.3) is 0 Å². The van der Waals surface area contributed by atoms with Crippen LogP contribution in [-0.2, 0) is 22.5 Å². The molecule has 9 nitrogen and oxygen atoms in total. The summed E-state index contributed by atoms with van der Waals surface area (Å²) in [6.07, 6.45) is 5.33. The molecule has 3 aromatic heterocycles. The second-order valence-electron chi connectivity index (χ2n) is 9.20. The fourth-order valence-electron chi connectivity index (χ4n) is 5.88. The van der Waals surface area contributed by atoms with Gasteiger partial charge in [-0.15, -0.1) is 0 Å². The minimum atomic E-state index is -0.433. The molecule has 4 atom stereocenters. The Bertz CT molecular complexity index is 1140. The Balaban J connectivity index is 1.22. The van der Waals surface area contributed by atoms with E-state index in [0.717, 1.165) is 36.5 Å². The van der Waals surface area contributed by atoms with Gasteiger partial charge in [-0.05, 0) is 23.8 Å². The molecule has 3 fully saturated rings. The number of amides is 1. The molecule has 0 aromatic carbocycles. The number of aliphatic hydroxyl groups excluding tert-OH is 1. The van der Waals surface area contributed by atoms with E-state index in [9.17, 15) is 9.90 Å². The van der Waals surface area contributed by atoms with Crippen LogP contribution in [0.1, 0.15) is 11.3 Å². The van der Waals surface area contributed by atoms with Gasteiger partial charge in [0.1, 0.15) is 11.9 Å². The molecule has 3 aliphatic rings. The van der Waals surface area contributed by atoms with E-state index < -0.39 is 5.60 Å². The van der Waals surface area contributed by atoms with Crippen molar-refractivity contribution in [2.75, 3.05) is 32.8 Å². The molecular formula is C23H26N6O3. The number of hydrogen-bond acceptors (Lipinski definition) is 7. The Morgan fingerprint density at radius 3 is 3.00 bits per heavy atom. The summed E-state index contributed by atoms with van der Waals surface area (Å²) in [5, 5.41) is 14.5. The zero-order chi connectivity index (χ0) is 21.7. The van der Waals surface area contributed by atoms with Crippen molar-refractivity contribution >= 4 is 11.6 Å². The van der Waals surface area contributed by atoms with Crippen LogP contribution in [0.25, 0.3) is 5.65 Å². The number of morpholine rings is 1. The van der Waals surface area contributed by atoms with Crippen LogP contribution in [-0.4, -0.2) is 84.9 Å². The van der Waals surface area contributed by atoms with Gasteiger partial charge < -0.3 is 14.7 Å². The van der Waals surface area contributed by atoms with Gasteiger partial charge in [-0.25, -0.2) is 9.50 Å². The second kappa shape index (κ2) is 7.61. The van der Waals surface area contributed by atoms with Crippen LogP contribution in [0.5, 0.6) is 0 Å². The maximum atomic E-state index is 13.0. The Hall–Kier alpha value is -2.88. The van der Waals surface area contributed by atoms with E-state index in [2.05, 4.69) is 26.0 Å². The average Bonchev–Trinajstić information content (AvgIpc) is 3.45. The molecule has 2 bridgehead atoms. The van der Waals surface area contributed by atoms with Gasteiger partial charge in [0.15, 0.2) is 5.65 Å². The van der Waals surface area contributed by atoms with Crippen molar-refractivity contribution in [1.82, 2.24) is 29.4 Å². The molecule has 0 aliphatic carbocycles. The first-order valence-corrected chi connectivity index (χ1v) is 11.1. The van der Waals surface area contributed by atoms with Crippen molar-refractivity contribution in [2.45, 2.75) is 24.7 Å². The smallest absolute Gasteiger partial charge is 0.227 e. The van der Waals surface area contributed by atoms with Crippen molar-refractivity contribution in [1.29, 1.82) is 0 Å². The molecule has 0 unspecified atom stereocenters. The number of rotatable bonds is 5. The second-order valence-corrected chi connectivity index (χ2v) is 9.20. The quantitative estimate of drug-likeness (QED) is 0.621. The van der Waals surface area contributed by atoms with Crippen LogP contribution in [0.15, 0.2) is 49.1 Å². The maximum Gasteiger partial charge on any atom is 0.227 e. The van der Waals surface area contributed by atoms with E-state index in [1.807, 2.05) is 33.7 Å². The van der Waals surface area contributed by atoms with Gasteiger partial charge in [0, 0.05) is 57.0 Å². The first-order valence-electron chi connectivity index (χ1n) is 11.1. The molecule has 0 saturated carbocycles. The van der Waals surface area contributed by atoms with Crippen molar-refractivity contribution in [2.24, 2.45) is 11.8 Å². The zero-order valence-corrected chi connectivity index (χ0v) is 17.7. The van der Waals surface area contributed by atoms with Crippen LogP contribution >= 0.6 is 0 Å². The van der Waals surface area contributed by atoms with Crippen LogP contribution in [0.3, 0.4) is 0 Å². The predicted molar refractivity (Wildman–Crippen MR) is 114 cm³/mol. The summed E-state index contributed by atoms with van der Waals surface area (Å²) >= 11 is 0. The predicted octanol–water partition coefficient (Wildman–Crippen LogP) is 0.387. The SMILES string of the molecule is O=C(Cc1cccnc1)N1C[C@@H]2[C@H](CO)[C@H]3CN(Cc4cccc5ncnn45)C[C@]2(C1)O3. The van der Waals surface area contributed by atoms with Gasteiger partial charge in [0.2, 0.25) is 5.91 Å². The van der Waals surface area contributed by atoms with Crippen molar-refractivity contribution in [3.05, 3.63) is 60.3 Å². The molecule has 3 aliphatic heterocycles. The van der Waals surface area contributed by atoms with Crippen molar-refractivity contribution in [3.8, 4) is 0 Å². The van der Waals surface area contributed by atoms with Crippen LogP contribution in [0, 0.1) is 11.8 Å². The van der Waals surface area contributed by atoms with Gasteiger partial charge in [-0.1, -0.05) is 12.1 Å². The molecule has 6 heterocycles. The lowest BCUT2D eigenvalue weighted by Gasteiger charge is -2.40. The normalized spacial score (nSPS) is 29.5. The van der Waals surface area contributed by atoms with E-state index in [4.69, 9.17) is 4.74 Å². The number of aromatic nitrogens is 4. The highest BCUT2D eigenvalue weighted by Crippen LogP contribution is 2.49. The van der Waals surface area contributed by atoms with E-state index in [-0.39, 0.29) is 30.5 Å². The van der Waals surface area contributed by atoms with Crippen molar-refractivity contribution < 1.29 is 14.6 Å². The average molecular weight is 435 g/mol. The van der Waals surface area contributed by atoms with Gasteiger partial charge >= 0.3 is 0 Å². The highest BCUT2D eigenvalue weighted by molar-refractivity contribution is 5.79. The summed E-state index contributed by atoms with van der Waals surface area (Å²) in [4.78, 5) is 25.7. The summed E-state index contributed by atoms with van der Waals surface area (Å²) in [6, 6.07) is 9.79. The molecule has 32 heavy (non-hydrogen) atoms. The number of carbonyl (C=O) groups is 1. The lowest BCUT2D eigenvalue weighted by atomic mass is 9.83. The number of nitrogens with zero attached hydrogens (tertiary/aromatic N) is 6. The molecule has 3 saturated heterocycles. The molecule has 1 N–H and O–H groups in total. The monoisotopic (exact) mass is 434 g/mol. The molecule has 0 radical (unpaired) electrons. The fourth-order valence-corrected chi connectivity index (χ4v) is 5.88. The standard InChI is InChI=1S/C23H26N6O3/c30-12-18-19-10-28(22(31)7-16-3-2-6-24-8-16)14-23(19)13-27(11-20(18)32-23)9-17-4-1-5-21-25-15-26-29(17)21/h1-6,8,15,18-20,30H,7,9-14H2/t18-,19+,20+,23+/m0/s1. The zero-order valence-electron chi connectivity index (χ0n) is 17.7. The number of fused-ring (bicyclic) bond motifs is 2. The number of aliphatic hydroxyl groups is 1. The Morgan fingerprint density at radius 1 is 1.22 bits per heavy atom. The number of ether oxygens (including phenoxy) is 1. The Labute approximate surface area is 185 Å². The van der Waals surface area contributed by atoms with Gasteiger partial charge in [-0.2, -0.15) is 5.10 Å². The van der Waals surface area contributed by atoms with Crippen LogP contribution in [0.2, 0.25) is 0 Å². The summed E-state index contributed by atoms with van der Waals surface area (Å²) in [7, 11) is 0.